The van der Waals surface area contributed by atoms with Gasteiger partial charge in [0, 0.05) is 24.7 Å². The fraction of sp³-hybridized carbons (Fsp3) is 0.929. The second-order valence-corrected chi connectivity index (χ2v) is 6.09. The van der Waals surface area contributed by atoms with Gasteiger partial charge in [0.05, 0.1) is 5.92 Å². The lowest BCUT2D eigenvalue weighted by Gasteiger charge is -2.44. The molecule has 4 nitrogen and oxygen atoms in total. The molecule has 1 saturated carbocycles. The van der Waals surface area contributed by atoms with Crippen LogP contribution < -0.4 is 11.5 Å². The lowest BCUT2D eigenvalue weighted by atomic mass is 9.89. The molecule has 0 aromatic rings. The van der Waals surface area contributed by atoms with Crippen molar-refractivity contribution >= 4 is 5.91 Å². The zero-order chi connectivity index (χ0) is 13.1. The first-order valence-corrected chi connectivity index (χ1v) is 7.40. The van der Waals surface area contributed by atoms with Crippen LogP contribution in [0.1, 0.15) is 51.9 Å². The molecule has 1 heterocycles. The number of carbonyl (C=O) groups excluding carboxylic acids is 1. The summed E-state index contributed by atoms with van der Waals surface area (Å²) in [4.78, 5) is 13.9. The summed E-state index contributed by atoms with van der Waals surface area (Å²) < 4.78 is 0. The van der Waals surface area contributed by atoms with E-state index in [9.17, 15) is 4.79 Å². The van der Waals surface area contributed by atoms with Crippen molar-refractivity contribution in [3.8, 4) is 0 Å². The summed E-state index contributed by atoms with van der Waals surface area (Å²) in [7, 11) is 0. The number of hydrogen-bond donors (Lipinski definition) is 2. The summed E-state index contributed by atoms with van der Waals surface area (Å²) in [5.74, 6) is -0.120. The molecule has 0 bridgehead atoms. The topological polar surface area (TPSA) is 72.4 Å². The van der Waals surface area contributed by atoms with Gasteiger partial charge in [-0.2, -0.15) is 0 Å². The molecular weight excluding hydrogens is 226 g/mol. The van der Waals surface area contributed by atoms with Crippen molar-refractivity contribution < 1.29 is 4.79 Å². The summed E-state index contributed by atoms with van der Waals surface area (Å²) in [6.45, 7) is 3.07. The minimum atomic E-state index is -0.144. The molecule has 4 atom stereocenters. The van der Waals surface area contributed by atoms with Gasteiger partial charge in [0.1, 0.15) is 0 Å². The fourth-order valence-corrected chi connectivity index (χ4v) is 3.56. The Hall–Kier alpha value is -0.610. The van der Waals surface area contributed by atoms with Crippen LogP contribution in [0.15, 0.2) is 0 Å². The minimum Gasteiger partial charge on any atom is -0.369 e. The van der Waals surface area contributed by atoms with Gasteiger partial charge in [-0.05, 0) is 32.6 Å². The van der Waals surface area contributed by atoms with Crippen molar-refractivity contribution in [3.63, 3.8) is 0 Å². The third-order valence-electron chi connectivity index (χ3n) is 4.79. The van der Waals surface area contributed by atoms with Crippen molar-refractivity contribution in [1.82, 2.24) is 4.90 Å². The molecule has 4 unspecified atom stereocenters. The standard InChI is InChI=1S/C14H27N3O/c1-10-7-8-11(14(16)18)9-17(10)13-6-4-2-3-5-12(13)15/h10-13H,2-9,15H2,1H3,(H2,16,18). The molecule has 2 fully saturated rings. The molecule has 4 N–H and O–H groups in total. The van der Waals surface area contributed by atoms with E-state index in [1.54, 1.807) is 0 Å². The average Bonchev–Trinajstić information content (AvgIpc) is 2.54. The van der Waals surface area contributed by atoms with Gasteiger partial charge >= 0.3 is 0 Å². The third-order valence-corrected chi connectivity index (χ3v) is 4.79. The first-order valence-electron chi connectivity index (χ1n) is 7.40. The van der Waals surface area contributed by atoms with Crippen LogP contribution in [0.2, 0.25) is 0 Å². The monoisotopic (exact) mass is 253 g/mol. The Morgan fingerprint density at radius 1 is 1.11 bits per heavy atom. The number of rotatable bonds is 2. The Bertz CT molecular complexity index is 295. The molecule has 0 aromatic heterocycles. The highest BCUT2D eigenvalue weighted by atomic mass is 16.1. The fourth-order valence-electron chi connectivity index (χ4n) is 3.56. The van der Waals surface area contributed by atoms with E-state index in [4.69, 9.17) is 11.5 Å². The molecule has 1 saturated heterocycles. The van der Waals surface area contributed by atoms with E-state index in [1.165, 1.54) is 25.7 Å². The van der Waals surface area contributed by atoms with Crippen LogP contribution in [-0.4, -0.2) is 35.5 Å². The summed E-state index contributed by atoms with van der Waals surface area (Å²) in [6.07, 6.45) is 8.12. The summed E-state index contributed by atoms with van der Waals surface area (Å²) in [5, 5.41) is 0. The van der Waals surface area contributed by atoms with E-state index in [-0.39, 0.29) is 17.9 Å². The van der Waals surface area contributed by atoms with Crippen LogP contribution in [0.3, 0.4) is 0 Å². The maximum Gasteiger partial charge on any atom is 0.221 e. The van der Waals surface area contributed by atoms with E-state index < -0.39 is 0 Å². The zero-order valence-electron chi connectivity index (χ0n) is 11.5. The van der Waals surface area contributed by atoms with Crippen LogP contribution >= 0.6 is 0 Å². The minimum absolute atomic E-state index is 0.0247. The van der Waals surface area contributed by atoms with Crippen LogP contribution in [-0.2, 0) is 4.79 Å². The molecule has 18 heavy (non-hydrogen) atoms. The van der Waals surface area contributed by atoms with Crippen LogP contribution in [0.5, 0.6) is 0 Å². The van der Waals surface area contributed by atoms with Crippen molar-refractivity contribution in [3.05, 3.63) is 0 Å². The maximum absolute atomic E-state index is 11.4. The van der Waals surface area contributed by atoms with E-state index in [2.05, 4.69) is 11.8 Å². The lowest BCUT2D eigenvalue weighted by molar-refractivity contribution is -0.124. The molecule has 2 rings (SSSR count). The van der Waals surface area contributed by atoms with Gasteiger partial charge in [-0.15, -0.1) is 0 Å². The maximum atomic E-state index is 11.4. The highest BCUT2D eigenvalue weighted by Gasteiger charge is 2.35. The van der Waals surface area contributed by atoms with Crippen molar-refractivity contribution in [2.45, 2.75) is 70.0 Å². The Labute approximate surface area is 110 Å². The van der Waals surface area contributed by atoms with Crippen LogP contribution in [0.4, 0.5) is 0 Å². The van der Waals surface area contributed by atoms with Gasteiger partial charge in [-0.25, -0.2) is 0 Å². The van der Waals surface area contributed by atoms with Crippen LogP contribution in [0, 0.1) is 5.92 Å². The van der Waals surface area contributed by atoms with Gasteiger partial charge in [-0.1, -0.05) is 19.3 Å². The quantitative estimate of drug-likeness (QED) is 0.727. The van der Waals surface area contributed by atoms with Gasteiger partial charge in [0.15, 0.2) is 0 Å². The van der Waals surface area contributed by atoms with Gasteiger partial charge in [-0.3, -0.25) is 9.69 Å². The molecule has 2 aliphatic rings. The molecule has 0 spiro atoms. The average molecular weight is 253 g/mol. The summed E-state index contributed by atoms with van der Waals surface area (Å²) in [6, 6.07) is 1.25. The number of amides is 1. The molecule has 1 amide bonds. The number of nitrogens with two attached hydrogens (primary N) is 2. The Kier molecular flexibility index (Phi) is 4.62. The summed E-state index contributed by atoms with van der Waals surface area (Å²) in [5.41, 5.74) is 11.8. The number of nitrogens with zero attached hydrogens (tertiary/aromatic N) is 1. The predicted octanol–water partition coefficient (Wildman–Crippen LogP) is 1.23. The van der Waals surface area contributed by atoms with Crippen LogP contribution in [0.25, 0.3) is 0 Å². The number of likely N-dealkylation sites (tertiary alicyclic amines) is 1. The van der Waals surface area contributed by atoms with Crippen molar-refractivity contribution in [1.29, 1.82) is 0 Å². The van der Waals surface area contributed by atoms with E-state index in [0.717, 1.165) is 25.8 Å². The number of primary amides is 1. The lowest BCUT2D eigenvalue weighted by Crippen LogP contribution is -2.55. The number of piperidine rings is 1. The molecule has 1 aliphatic carbocycles. The zero-order valence-corrected chi connectivity index (χ0v) is 11.5. The van der Waals surface area contributed by atoms with Gasteiger partial charge in [0.25, 0.3) is 0 Å². The van der Waals surface area contributed by atoms with Gasteiger partial charge in [0.2, 0.25) is 5.91 Å². The number of carbonyl (C=O) groups is 1. The second-order valence-electron chi connectivity index (χ2n) is 6.09. The number of hydrogen-bond acceptors (Lipinski definition) is 3. The smallest absolute Gasteiger partial charge is 0.221 e. The first-order chi connectivity index (χ1) is 8.59. The SMILES string of the molecule is CC1CCC(C(N)=O)CN1C1CCCCCC1N. The first kappa shape index (κ1) is 13.8. The van der Waals surface area contributed by atoms with E-state index >= 15 is 0 Å². The largest absolute Gasteiger partial charge is 0.369 e. The third kappa shape index (κ3) is 3.04. The summed E-state index contributed by atoms with van der Waals surface area (Å²) >= 11 is 0. The molecule has 1 aliphatic heterocycles. The highest BCUT2D eigenvalue weighted by molar-refractivity contribution is 5.77. The predicted molar refractivity (Wildman–Crippen MR) is 72.9 cm³/mol. The van der Waals surface area contributed by atoms with Crippen molar-refractivity contribution in [2.75, 3.05) is 6.54 Å². The molecule has 104 valence electrons. The molecule has 0 aromatic carbocycles. The molecular formula is C14H27N3O. The Morgan fingerprint density at radius 3 is 2.56 bits per heavy atom. The van der Waals surface area contributed by atoms with E-state index in [0.29, 0.717) is 12.1 Å². The Morgan fingerprint density at radius 2 is 1.83 bits per heavy atom. The molecule has 0 radical (unpaired) electrons. The second kappa shape index (κ2) is 6.02. The normalized spacial score (nSPS) is 39.2. The van der Waals surface area contributed by atoms with Gasteiger partial charge < -0.3 is 11.5 Å². The van der Waals surface area contributed by atoms with Crippen molar-refractivity contribution in [2.24, 2.45) is 17.4 Å². The Balaban J connectivity index is 2.05. The van der Waals surface area contributed by atoms with E-state index in [1.807, 2.05) is 0 Å². The molecule has 4 heteroatoms. The highest BCUT2D eigenvalue weighted by Crippen LogP contribution is 2.29.